The van der Waals surface area contributed by atoms with Gasteiger partial charge in [0.05, 0.1) is 29.4 Å². The van der Waals surface area contributed by atoms with Crippen LogP contribution >= 0.6 is 0 Å². The highest BCUT2D eigenvalue weighted by molar-refractivity contribution is 6.12. The van der Waals surface area contributed by atoms with E-state index in [4.69, 9.17) is 10.4 Å². The minimum Gasteiger partial charge on any atom is -0.465 e. The maximum absolute atomic E-state index is 14.2. The van der Waals surface area contributed by atoms with Gasteiger partial charge in [0.25, 0.3) is 0 Å². The number of nitrogens with one attached hydrogen (secondary N) is 2. The number of carboxylic acid groups (broad SMARTS) is 1. The zero-order valence-electron chi connectivity index (χ0n) is 16.4. The topological polar surface area (TPSA) is 119 Å². The molecule has 0 aliphatic rings. The monoisotopic (exact) mass is 435 g/mol. The number of nitrogens with zero attached hydrogens (tertiary/aromatic N) is 1. The summed E-state index contributed by atoms with van der Waals surface area (Å²) in [4.78, 5) is 35.9. The van der Waals surface area contributed by atoms with Crippen LogP contribution in [-0.2, 0) is 4.79 Å². The molecule has 0 saturated heterocycles. The second kappa shape index (κ2) is 9.49. The van der Waals surface area contributed by atoms with Gasteiger partial charge in [0.1, 0.15) is 11.6 Å². The average molecular weight is 435 g/mol. The van der Waals surface area contributed by atoms with E-state index >= 15 is 0 Å². The Labute approximate surface area is 180 Å². The number of ketones is 1. The van der Waals surface area contributed by atoms with Gasteiger partial charge < -0.3 is 10.4 Å². The van der Waals surface area contributed by atoms with Crippen LogP contribution in [0, 0.1) is 23.0 Å². The van der Waals surface area contributed by atoms with Crippen molar-refractivity contribution in [2.45, 2.75) is 6.42 Å². The molecular formula is C23H15F2N3O4. The number of halogens is 2. The van der Waals surface area contributed by atoms with Crippen LogP contribution in [0.2, 0.25) is 0 Å². The number of amides is 2. The van der Waals surface area contributed by atoms with E-state index in [0.29, 0.717) is 0 Å². The lowest BCUT2D eigenvalue weighted by Gasteiger charge is -2.13. The Balaban J connectivity index is 1.88. The van der Waals surface area contributed by atoms with Crippen molar-refractivity contribution in [2.75, 3.05) is 10.6 Å². The number of carbonyl (C=O) groups is 3. The van der Waals surface area contributed by atoms with Crippen molar-refractivity contribution in [2.24, 2.45) is 0 Å². The molecule has 0 atom stereocenters. The maximum Gasteiger partial charge on any atom is 0.409 e. The molecule has 0 radical (unpaired) electrons. The lowest BCUT2D eigenvalue weighted by atomic mass is 10.0. The molecule has 3 rings (SSSR count). The lowest BCUT2D eigenvalue weighted by molar-refractivity contribution is -0.115. The molecule has 3 aromatic carbocycles. The number of hydrogen-bond donors (Lipinski definition) is 3. The fraction of sp³-hybridized carbons (Fsp3) is 0.0435. The van der Waals surface area contributed by atoms with E-state index in [1.165, 1.54) is 42.5 Å². The van der Waals surface area contributed by atoms with E-state index in [2.05, 4.69) is 10.6 Å². The van der Waals surface area contributed by atoms with Crippen molar-refractivity contribution >= 4 is 29.2 Å². The highest BCUT2D eigenvalue weighted by Gasteiger charge is 2.16. The zero-order chi connectivity index (χ0) is 23.3. The van der Waals surface area contributed by atoms with Crippen molar-refractivity contribution in [1.82, 2.24) is 0 Å². The Morgan fingerprint density at radius 3 is 2.44 bits per heavy atom. The molecule has 32 heavy (non-hydrogen) atoms. The van der Waals surface area contributed by atoms with Crippen LogP contribution in [0.5, 0.6) is 0 Å². The molecule has 0 aromatic heterocycles. The van der Waals surface area contributed by atoms with E-state index in [1.807, 2.05) is 6.07 Å². The molecule has 3 aromatic rings. The largest absolute Gasteiger partial charge is 0.465 e. The molecule has 0 saturated carbocycles. The quantitative estimate of drug-likeness (QED) is 0.379. The van der Waals surface area contributed by atoms with Crippen LogP contribution in [0.4, 0.5) is 25.0 Å². The molecule has 0 aliphatic carbocycles. The Kier molecular flexibility index (Phi) is 6.56. The lowest BCUT2D eigenvalue weighted by Crippen LogP contribution is -2.18. The fourth-order valence-electron chi connectivity index (χ4n) is 2.96. The van der Waals surface area contributed by atoms with Gasteiger partial charge in [-0.15, -0.1) is 0 Å². The fourth-order valence-corrected chi connectivity index (χ4v) is 2.96. The highest BCUT2D eigenvalue weighted by atomic mass is 19.1. The highest BCUT2D eigenvalue weighted by Crippen LogP contribution is 2.31. The number of hydrogen-bond acceptors (Lipinski definition) is 4. The number of benzene rings is 3. The van der Waals surface area contributed by atoms with Gasteiger partial charge >= 0.3 is 6.09 Å². The molecule has 0 fully saturated rings. The van der Waals surface area contributed by atoms with Gasteiger partial charge in [-0.05, 0) is 48.0 Å². The van der Waals surface area contributed by atoms with Crippen LogP contribution in [-0.4, -0.2) is 22.9 Å². The van der Waals surface area contributed by atoms with Gasteiger partial charge in [0, 0.05) is 11.1 Å². The van der Waals surface area contributed by atoms with Crippen LogP contribution in [0.3, 0.4) is 0 Å². The normalized spacial score (nSPS) is 10.2. The van der Waals surface area contributed by atoms with Gasteiger partial charge in [-0.2, -0.15) is 5.26 Å². The zero-order valence-corrected chi connectivity index (χ0v) is 16.4. The minimum atomic E-state index is -1.41. The van der Waals surface area contributed by atoms with E-state index < -0.39 is 35.8 Å². The molecule has 3 N–H and O–H groups in total. The third kappa shape index (κ3) is 5.31. The van der Waals surface area contributed by atoms with Crippen LogP contribution in [0.1, 0.15) is 22.3 Å². The minimum absolute atomic E-state index is 0.0228. The van der Waals surface area contributed by atoms with Gasteiger partial charge in [-0.25, -0.2) is 13.6 Å². The van der Waals surface area contributed by atoms with E-state index in [9.17, 15) is 23.2 Å². The number of nitriles is 1. The van der Waals surface area contributed by atoms with Gasteiger partial charge in [-0.1, -0.05) is 18.2 Å². The third-order valence-corrected chi connectivity index (χ3v) is 4.41. The second-order valence-electron chi connectivity index (χ2n) is 6.66. The molecule has 0 aliphatic heterocycles. The summed E-state index contributed by atoms with van der Waals surface area (Å²) in [5.41, 5.74) is 0.447. The SMILES string of the molecule is N#Cc1cccc(C(=O)CC(=O)Nc2cc(-c3cc(F)ccc3F)ccc2NC(=O)O)c1. The summed E-state index contributed by atoms with van der Waals surface area (Å²) in [5, 5.41) is 22.5. The summed E-state index contributed by atoms with van der Waals surface area (Å²) in [7, 11) is 0. The predicted molar refractivity (Wildman–Crippen MR) is 112 cm³/mol. The van der Waals surface area contributed by atoms with E-state index in [-0.39, 0.29) is 33.6 Å². The van der Waals surface area contributed by atoms with Crippen LogP contribution in [0.25, 0.3) is 11.1 Å². The summed E-state index contributed by atoms with van der Waals surface area (Å²) in [6.07, 6.45) is -1.99. The number of carbonyl (C=O) groups excluding carboxylic acids is 2. The summed E-state index contributed by atoms with van der Waals surface area (Å²) in [6.45, 7) is 0. The van der Waals surface area contributed by atoms with Gasteiger partial charge in [0.2, 0.25) is 5.91 Å². The van der Waals surface area contributed by atoms with Crippen molar-refractivity contribution in [3.8, 4) is 17.2 Å². The summed E-state index contributed by atoms with van der Waals surface area (Å²) < 4.78 is 27.7. The molecule has 7 nitrogen and oxygen atoms in total. The van der Waals surface area contributed by atoms with E-state index in [1.54, 1.807) is 0 Å². The Bertz CT molecular complexity index is 1270. The Hall–Kier alpha value is -4.58. The first-order valence-corrected chi connectivity index (χ1v) is 9.19. The standard InChI is InChI=1S/C23H15F2N3O4/c24-16-5-6-18(25)17(10-16)14-4-7-19(28-23(31)32)20(9-14)27-22(30)11-21(29)15-3-1-2-13(8-15)12-26/h1-10,28H,11H2,(H,27,30)(H,31,32). The molecule has 0 unspecified atom stereocenters. The first-order chi connectivity index (χ1) is 15.3. The molecular weight excluding hydrogens is 420 g/mol. The van der Waals surface area contributed by atoms with Crippen molar-refractivity contribution in [3.63, 3.8) is 0 Å². The molecule has 160 valence electrons. The van der Waals surface area contributed by atoms with Gasteiger partial charge in [0.15, 0.2) is 5.78 Å². The first-order valence-electron chi connectivity index (χ1n) is 9.19. The Morgan fingerprint density at radius 1 is 0.938 bits per heavy atom. The van der Waals surface area contributed by atoms with E-state index in [0.717, 1.165) is 18.2 Å². The molecule has 0 spiro atoms. The smallest absolute Gasteiger partial charge is 0.409 e. The maximum atomic E-state index is 14.2. The van der Waals surface area contributed by atoms with Gasteiger partial charge in [-0.3, -0.25) is 14.9 Å². The average Bonchev–Trinajstić information content (AvgIpc) is 2.76. The summed E-state index contributed by atoms with van der Waals surface area (Å²) >= 11 is 0. The Morgan fingerprint density at radius 2 is 1.72 bits per heavy atom. The van der Waals surface area contributed by atoms with Crippen LogP contribution < -0.4 is 10.6 Å². The predicted octanol–water partition coefficient (Wildman–Crippen LogP) is 4.80. The van der Waals surface area contributed by atoms with Crippen LogP contribution in [0.15, 0.2) is 60.7 Å². The molecule has 0 heterocycles. The van der Waals surface area contributed by atoms with Crippen molar-refractivity contribution in [1.29, 1.82) is 5.26 Å². The number of anilines is 2. The molecule has 0 bridgehead atoms. The summed E-state index contributed by atoms with van der Waals surface area (Å²) in [5.74, 6) is -2.71. The number of Topliss-reactive ketones (excluding diaryl/α,β-unsaturated/α-hetero) is 1. The van der Waals surface area contributed by atoms with Crippen molar-refractivity contribution < 1.29 is 28.3 Å². The number of rotatable bonds is 6. The molecule has 9 heteroatoms. The third-order valence-electron chi connectivity index (χ3n) is 4.41. The summed E-state index contributed by atoms with van der Waals surface area (Å²) in [6, 6.07) is 14.5. The first kappa shape index (κ1) is 22.1. The second-order valence-corrected chi connectivity index (χ2v) is 6.66. The van der Waals surface area contributed by atoms with Crippen molar-refractivity contribution in [3.05, 3.63) is 83.4 Å². The molecule has 2 amide bonds.